The number of rotatable bonds is 3. The summed E-state index contributed by atoms with van der Waals surface area (Å²) in [5.74, 6) is 5.14. The highest BCUT2D eigenvalue weighted by molar-refractivity contribution is 5.46. The first kappa shape index (κ1) is 8.04. The first-order valence-corrected chi connectivity index (χ1v) is 3.61. The van der Waals surface area contributed by atoms with Crippen molar-refractivity contribution < 1.29 is 0 Å². The Morgan fingerprint density at radius 3 is 2.64 bits per heavy atom. The van der Waals surface area contributed by atoms with E-state index in [1.54, 1.807) is 0 Å². The molecular formula is C8H13N3. The summed E-state index contributed by atoms with van der Waals surface area (Å²) in [6, 6.07) is 7.80. The molecule has 5 N–H and O–H groups in total. The van der Waals surface area contributed by atoms with Gasteiger partial charge in [-0.25, -0.2) is 0 Å². The van der Waals surface area contributed by atoms with Crippen LogP contribution in [0.5, 0.6) is 0 Å². The molecule has 3 nitrogen and oxygen atoms in total. The highest BCUT2D eigenvalue weighted by Gasteiger charge is 1.94. The Morgan fingerprint density at radius 2 is 2.00 bits per heavy atom. The molecule has 0 aliphatic carbocycles. The van der Waals surface area contributed by atoms with Crippen LogP contribution in [0.25, 0.3) is 0 Å². The summed E-state index contributed by atoms with van der Waals surface area (Å²) in [6.45, 7) is 0.758. The minimum Gasteiger partial charge on any atom is -0.399 e. The van der Waals surface area contributed by atoms with E-state index < -0.39 is 0 Å². The monoisotopic (exact) mass is 151 g/mol. The van der Waals surface area contributed by atoms with Crippen LogP contribution in [0.15, 0.2) is 24.3 Å². The molecule has 1 aromatic rings. The quantitative estimate of drug-likeness (QED) is 0.330. The minimum atomic E-state index is 0.758. The molecule has 0 unspecified atom stereocenters. The second kappa shape index (κ2) is 3.95. The maximum atomic E-state index is 5.69. The van der Waals surface area contributed by atoms with Crippen LogP contribution >= 0.6 is 0 Å². The zero-order valence-corrected chi connectivity index (χ0v) is 6.38. The summed E-state index contributed by atoms with van der Waals surface area (Å²) in [7, 11) is 0. The van der Waals surface area contributed by atoms with Gasteiger partial charge in [0.25, 0.3) is 0 Å². The molecule has 0 atom stereocenters. The number of hydrazine groups is 1. The number of hydrogen-bond donors (Lipinski definition) is 3. The molecule has 0 amide bonds. The summed E-state index contributed by atoms with van der Waals surface area (Å²) < 4.78 is 0. The van der Waals surface area contributed by atoms with Gasteiger partial charge in [-0.05, 0) is 18.1 Å². The lowest BCUT2D eigenvalue weighted by Gasteiger charge is -2.03. The molecule has 0 fully saturated rings. The Hall–Kier alpha value is -1.06. The fourth-order valence-electron chi connectivity index (χ4n) is 0.969. The van der Waals surface area contributed by atoms with E-state index in [4.69, 9.17) is 11.6 Å². The summed E-state index contributed by atoms with van der Waals surface area (Å²) in [4.78, 5) is 0. The highest BCUT2D eigenvalue weighted by atomic mass is 15.2. The van der Waals surface area contributed by atoms with Crippen LogP contribution in [-0.2, 0) is 6.42 Å². The molecule has 11 heavy (non-hydrogen) atoms. The van der Waals surface area contributed by atoms with Crippen molar-refractivity contribution in [2.45, 2.75) is 6.42 Å². The van der Waals surface area contributed by atoms with Crippen LogP contribution in [-0.4, -0.2) is 6.54 Å². The third-order valence-electron chi connectivity index (χ3n) is 1.59. The number of nitrogen functional groups attached to an aromatic ring is 1. The van der Waals surface area contributed by atoms with E-state index in [-0.39, 0.29) is 0 Å². The van der Waals surface area contributed by atoms with E-state index in [2.05, 4.69) is 5.43 Å². The molecule has 0 saturated heterocycles. The Kier molecular flexibility index (Phi) is 2.89. The summed E-state index contributed by atoms with van der Waals surface area (Å²) in [5, 5.41) is 0. The smallest absolute Gasteiger partial charge is 0.0347 e. The molecule has 0 heterocycles. The number of para-hydroxylation sites is 1. The Balaban J connectivity index is 2.62. The van der Waals surface area contributed by atoms with Crippen LogP contribution < -0.4 is 17.0 Å². The molecule has 0 radical (unpaired) electrons. The van der Waals surface area contributed by atoms with E-state index in [1.807, 2.05) is 24.3 Å². The molecule has 1 rings (SSSR count). The molecular weight excluding hydrogens is 138 g/mol. The summed E-state index contributed by atoms with van der Waals surface area (Å²) >= 11 is 0. The van der Waals surface area contributed by atoms with Crippen molar-refractivity contribution in [1.29, 1.82) is 0 Å². The Labute approximate surface area is 66.4 Å². The Bertz CT molecular complexity index is 222. The van der Waals surface area contributed by atoms with Gasteiger partial charge in [0.15, 0.2) is 0 Å². The lowest BCUT2D eigenvalue weighted by Crippen LogP contribution is -2.24. The Morgan fingerprint density at radius 1 is 1.27 bits per heavy atom. The normalized spacial score (nSPS) is 9.91. The van der Waals surface area contributed by atoms with Gasteiger partial charge in [0.05, 0.1) is 0 Å². The molecule has 0 saturated carbocycles. The van der Waals surface area contributed by atoms with Crippen molar-refractivity contribution in [1.82, 2.24) is 5.43 Å². The van der Waals surface area contributed by atoms with Crippen molar-refractivity contribution in [2.75, 3.05) is 12.3 Å². The predicted octanol–water partition coefficient (Wildman–Crippen LogP) is 0.275. The molecule has 0 aliphatic heterocycles. The average Bonchev–Trinajstić information content (AvgIpc) is 2.03. The number of nitrogens with one attached hydrogen (secondary N) is 1. The summed E-state index contributed by atoms with van der Waals surface area (Å²) in [6.07, 6.45) is 0.878. The van der Waals surface area contributed by atoms with Crippen LogP contribution in [0.2, 0.25) is 0 Å². The summed E-state index contributed by atoms with van der Waals surface area (Å²) in [5.41, 5.74) is 10.3. The zero-order chi connectivity index (χ0) is 8.10. The van der Waals surface area contributed by atoms with Gasteiger partial charge in [-0.15, -0.1) is 0 Å². The van der Waals surface area contributed by atoms with Gasteiger partial charge in [0.2, 0.25) is 0 Å². The number of hydrogen-bond acceptors (Lipinski definition) is 3. The molecule has 1 aromatic carbocycles. The number of nitrogens with two attached hydrogens (primary N) is 2. The van der Waals surface area contributed by atoms with E-state index >= 15 is 0 Å². The zero-order valence-electron chi connectivity index (χ0n) is 6.38. The van der Waals surface area contributed by atoms with Gasteiger partial charge in [-0.2, -0.15) is 0 Å². The van der Waals surface area contributed by atoms with Crippen molar-refractivity contribution >= 4 is 5.69 Å². The van der Waals surface area contributed by atoms with Crippen LogP contribution in [0.3, 0.4) is 0 Å². The van der Waals surface area contributed by atoms with Crippen LogP contribution in [0, 0.1) is 0 Å². The van der Waals surface area contributed by atoms with Gasteiger partial charge in [0, 0.05) is 12.2 Å². The third-order valence-corrected chi connectivity index (χ3v) is 1.59. The molecule has 3 heteroatoms. The minimum absolute atomic E-state index is 0.758. The standard InChI is InChI=1S/C8H13N3/c9-8-4-2-1-3-7(8)5-6-11-10/h1-4,11H,5-6,9-10H2. The van der Waals surface area contributed by atoms with E-state index in [0.717, 1.165) is 24.2 Å². The fourth-order valence-corrected chi connectivity index (χ4v) is 0.969. The molecule has 0 aromatic heterocycles. The third kappa shape index (κ3) is 2.22. The van der Waals surface area contributed by atoms with Gasteiger partial charge < -0.3 is 5.73 Å². The second-order valence-electron chi connectivity index (χ2n) is 2.40. The predicted molar refractivity (Wildman–Crippen MR) is 46.7 cm³/mol. The first-order valence-electron chi connectivity index (χ1n) is 3.61. The van der Waals surface area contributed by atoms with Crippen LogP contribution in [0.4, 0.5) is 5.69 Å². The maximum absolute atomic E-state index is 5.69. The van der Waals surface area contributed by atoms with E-state index in [0.29, 0.717) is 0 Å². The van der Waals surface area contributed by atoms with Crippen molar-refractivity contribution in [3.63, 3.8) is 0 Å². The van der Waals surface area contributed by atoms with Crippen molar-refractivity contribution in [2.24, 2.45) is 5.84 Å². The van der Waals surface area contributed by atoms with Gasteiger partial charge in [-0.1, -0.05) is 18.2 Å². The van der Waals surface area contributed by atoms with E-state index in [9.17, 15) is 0 Å². The van der Waals surface area contributed by atoms with Gasteiger partial charge in [0.1, 0.15) is 0 Å². The van der Waals surface area contributed by atoms with Gasteiger partial charge >= 0.3 is 0 Å². The molecule has 60 valence electrons. The van der Waals surface area contributed by atoms with Crippen molar-refractivity contribution in [3.05, 3.63) is 29.8 Å². The SMILES string of the molecule is NNCCc1ccccc1N. The molecule has 0 aliphatic rings. The molecule has 0 spiro atoms. The number of anilines is 1. The average molecular weight is 151 g/mol. The van der Waals surface area contributed by atoms with Crippen molar-refractivity contribution in [3.8, 4) is 0 Å². The lowest BCUT2D eigenvalue weighted by molar-refractivity contribution is 0.729. The maximum Gasteiger partial charge on any atom is 0.0347 e. The van der Waals surface area contributed by atoms with Gasteiger partial charge in [-0.3, -0.25) is 11.3 Å². The fraction of sp³-hybridized carbons (Fsp3) is 0.250. The second-order valence-corrected chi connectivity index (χ2v) is 2.40. The highest BCUT2D eigenvalue weighted by Crippen LogP contribution is 2.09. The topological polar surface area (TPSA) is 64.1 Å². The lowest BCUT2D eigenvalue weighted by atomic mass is 10.1. The molecule has 0 bridgehead atoms. The van der Waals surface area contributed by atoms with E-state index in [1.165, 1.54) is 0 Å². The first-order chi connectivity index (χ1) is 5.34. The number of benzene rings is 1. The van der Waals surface area contributed by atoms with Crippen LogP contribution in [0.1, 0.15) is 5.56 Å². The largest absolute Gasteiger partial charge is 0.399 e.